The maximum atomic E-state index is 3.54. The van der Waals surface area contributed by atoms with Crippen LogP contribution in [0.3, 0.4) is 0 Å². The van der Waals surface area contributed by atoms with E-state index in [4.69, 9.17) is 0 Å². The molecule has 0 aromatic carbocycles. The highest BCUT2D eigenvalue weighted by atomic mass is 79.9. The van der Waals surface area contributed by atoms with Crippen LogP contribution in [0.15, 0.2) is 50.6 Å². The van der Waals surface area contributed by atoms with Crippen LogP contribution in [-0.4, -0.2) is 26.2 Å². The molecule has 0 rings (SSSR count). The molecule has 0 amide bonds. The highest BCUT2D eigenvalue weighted by Crippen LogP contribution is 1.60. The van der Waals surface area contributed by atoms with Crippen molar-refractivity contribution < 1.29 is 0 Å². The molecule has 0 spiro atoms. The maximum Gasteiger partial charge on any atom is 0.0135 e. The van der Waals surface area contributed by atoms with Gasteiger partial charge in [-0.15, -0.1) is 55.7 Å². The van der Waals surface area contributed by atoms with Gasteiger partial charge in [-0.2, -0.15) is 0 Å². The van der Waals surface area contributed by atoms with Gasteiger partial charge in [-0.25, -0.2) is 0 Å². The summed E-state index contributed by atoms with van der Waals surface area (Å²) < 4.78 is 0. The van der Waals surface area contributed by atoms with E-state index in [0.29, 0.717) is 0 Å². The number of hydrogen-bond donors (Lipinski definition) is 2. The van der Waals surface area contributed by atoms with Gasteiger partial charge in [0.1, 0.15) is 0 Å². The summed E-state index contributed by atoms with van der Waals surface area (Å²) in [6.45, 7) is 17.6. The third kappa shape index (κ3) is 37.3. The molecule has 0 aromatic rings. The van der Waals surface area contributed by atoms with Crippen molar-refractivity contribution in [2.45, 2.75) is 0 Å². The van der Waals surface area contributed by atoms with Gasteiger partial charge in [0.25, 0.3) is 0 Å². The van der Waals surface area contributed by atoms with Gasteiger partial charge in [-0.1, -0.05) is 24.3 Å². The lowest BCUT2D eigenvalue weighted by Gasteiger charge is -1.90. The largest absolute Gasteiger partial charge is 0.310 e. The molecule has 2 N–H and O–H groups in total. The van der Waals surface area contributed by atoms with Gasteiger partial charge in [-0.05, 0) is 0 Å². The first-order valence-corrected chi connectivity index (χ1v) is 4.68. The molecule has 4 heteroatoms. The normalized spacial score (nSPS) is 7.00. The zero-order chi connectivity index (χ0) is 11.1. The monoisotopic (exact) mass is 310 g/mol. The van der Waals surface area contributed by atoms with Gasteiger partial charge < -0.3 is 10.6 Å². The van der Waals surface area contributed by atoms with Crippen LogP contribution in [0.2, 0.25) is 0 Å². The van der Waals surface area contributed by atoms with E-state index in [-0.39, 0.29) is 29.4 Å². The first-order valence-electron chi connectivity index (χ1n) is 4.68. The Hall–Kier alpha value is -0.350. The smallest absolute Gasteiger partial charge is 0.0135 e. The van der Waals surface area contributed by atoms with Crippen LogP contribution in [0.5, 0.6) is 0 Å². The van der Waals surface area contributed by atoms with Gasteiger partial charge >= 0.3 is 0 Å². The molecule has 0 fully saturated rings. The van der Waals surface area contributed by atoms with Gasteiger partial charge in [0.05, 0.1) is 0 Å². The molecule has 0 radical (unpaired) electrons. The summed E-state index contributed by atoms with van der Waals surface area (Å²) in [4.78, 5) is 0. The van der Waals surface area contributed by atoms with E-state index < -0.39 is 0 Å². The molecule has 0 unspecified atom stereocenters. The van der Waals surface area contributed by atoms with Crippen LogP contribution < -0.4 is 10.6 Å². The lowest BCUT2D eigenvalue weighted by molar-refractivity contribution is 0.845. The first kappa shape index (κ1) is 24.7. The predicted molar refractivity (Wildman–Crippen MR) is 84.1 cm³/mol. The summed E-state index contributed by atoms with van der Waals surface area (Å²) in [5.41, 5.74) is 0. The zero-order valence-corrected chi connectivity index (χ0v) is 12.3. The molecular formula is C12H24BrClN2. The lowest BCUT2D eigenvalue weighted by Crippen LogP contribution is -2.11. The average Bonchev–Trinajstić information content (AvgIpc) is 2.21. The molecule has 0 aliphatic heterocycles. The molecular weight excluding hydrogens is 288 g/mol. The summed E-state index contributed by atoms with van der Waals surface area (Å²) in [7, 11) is 0. The zero-order valence-electron chi connectivity index (χ0n) is 9.78. The summed E-state index contributed by atoms with van der Waals surface area (Å²) in [5, 5.41) is 6.10. The SMILES string of the molecule is Br.C=CCNCC=C.C=CCNCC=C.Cl. The van der Waals surface area contributed by atoms with Gasteiger partial charge in [0.2, 0.25) is 0 Å². The third-order valence-electron chi connectivity index (χ3n) is 1.15. The van der Waals surface area contributed by atoms with E-state index in [2.05, 4.69) is 36.9 Å². The fourth-order valence-corrected chi connectivity index (χ4v) is 0.575. The van der Waals surface area contributed by atoms with Crippen molar-refractivity contribution in [2.24, 2.45) is 0 Å². The minimum absolute atomic E-state index is 0. The van der Waals surface area contributed by atoms with Crippen LogP contribution in [0.25, 0.3) is 0 Å². The van der Waals surface area contributed by atoms with Crippen LogP contribution in [0.1, 0.15) is 0 Å². The molecule has 0 bridgehead atoms. The van der Waals surface area contributed by atoms with E-state index in [9.17, 15) is 0 Å². The van der Waals surface area contributed by atoms with Crippen molar-refractivity contribution in [1.82, 2.24) is 10.6 Å². The molecule has 0 saturated carbocycles. The van der Waals surface area contributed by atoms with E-state index in [0.717, 1.165) is 26.2 Å². The average molecular weight is 312 g/mol. The quantitative estimate of drug-likeness (QED) is 0.532. The highest BCUT2D eigenvalue weighted by Gasteiger charge is 1.70. The fraction of sp³-hybridized carbons (Fsp3) is 0.333. The predicted octanol–water partition coefficient (Wildman–Crippen LogP) is 2.90. The second-order valence-electron chi connectivity index (χ2n) is 2.47. The van der Waals surface area contributed by atoms with Gasteiger partial charge in [0, 0.05) is 26.2 Å². The van der Waals surface area contributed by atoms with Crippen molar-refractivity contribution in [3.8, 4) is 0 Å². The standard InChI is InChI=1S/2C6H11N.BrH.ClH/c2*1-3-5-7-6-4-2;;/h2*3-4,7H,1-2,5-6H2;2*1H. The Morgan fingerprint density at radius 1 is 0.625 bits per heavy atom. The fourth-order valence-electron chi connectivity index (χ4n) is 0.575. The van der Waals surface area contributed by atoms with Crippen LogP contribution in [-0.2, 0) is 0 Å². The second kappa shape index (κ2) is 29.3. The number of rotatable bonds is 8. The van der Waals surface area contributed by atoms with Crippen molar-refractivity contribution >= 4 is 29.4 Å². The minimum atomic E-state index is 0. The lowest BCUT2D eigenvalue weighted by atomic mass is 10.5. The molecule has 96 valence electrons. The molecule has 0 aromatic heterocycles. The Morgan fingerprint density at radius 3 is 0.938 bits per heavy atom. The van der Waals surface area contributed by atoms with Crippen molar-refractivity contribution in [1.29, 1.82) is 0 Å². The Kier molecular flexibility index (Phi) is 45.3. The highest BCUT2D eigenvalue weighted by molar-refractivity contribution is 8.93. The maximum absolute atomic E-state index is 3.54. The second-order valence-corrected chi connectivity index (χ2v) is 2.47. The number of halogens is 2. The topological polar surface area (TPSA) is 24.1 Å². The van der Waals surface area contributed by atoms with E-state index in [1.165, 1.54) is 0 Å². The molecule has 0 aliphatic carbocycles. The number of nitrogens with one attached hydrogen (secondary N) is 2. The van der Waals surface area contributed by atoms with Gasteiger partial charge in [-0.3, -0.25) is 0 Å². The first-order chi connectivity index (χ1) is 6.83. The summed E-state index contributed by atoms with van der Waals surface area (Å²) in [6, 6.07) is 0. The third-order valence-corrected chi connectivity index (χ3v) is 1.15. The van der Waals surface area contributed by atoms with Crippen molar-refractivity contribution in [3.63, 3.8) is 0 Å². The van der Waals surface area contributed by atoms with Crippen molar-refractivity contribution in [3.05, 3.63) is 50.6 Å². The molecule has 2 nitrogen and oxygen atoms in total. The Labute approximate surface area is 117 Å². The molecule has 16 heavy (non-hydrogen) atoms. The molecule has 0 saturated heterocycles. The van der Waals surface area contributed by atoms with Crippen molar-refractivity contribution in [2.75, 3.05) is 26.2 Å². The van der Waals surface area contributed by atoms with E-state index in [1.807, 2.05) is 24.3 Å². The van der Waals surface area contributed by atoms with Gasteiger partial charge in [0.15, 0.2) is 0 Å². The Balaban J connectivity index is -0.0000000800. The van der Waals surface area contributed by atoms with Crippen LogP contribution in [0, 0.1) is 0 Å². The van der Waals surface area contributed by atoms with Crippen LogP contribution >= 0.6 is 29.4 Å². The van der Waals surface area contributed by atoms with Crippen LogP contribution in [0.4, 0.5) is 0 Å². The summed E-state index contributed by atoms with van der Waals surface area (Å²) in [6.07, 6.45) is 7.29. The molecule has 0 aliphatic rings. The summed E-state index contributed by atoms with van der Waals surface area (Å²) >= 11 is 0. The Bertz CT molecular complexity index is 127. The minimum Gasteiger partial charge on any atom is -0.310 e. The number of hydrogen-bond acceptors (Lipinski definition) is 2. The Morgan fingerprint density at radius 2 is 0.812 bits per heavy atom. The summed E-state index contributed by atoms with van der Waals surface area (Å²) in [5.74, 6) is 0. The van der Waals surface area contributed by atoms with E-state index >= 15 is 0 Å². The molecule has 0 heterocycles. The van der Waals surface area contributed by atoms with E-state index in [1.54, 1.807) is 0 Å². The molecule has 0 atom stereocenters.